The van der Waals surface area contributed by atoms with E-state index in [9.17, 15) is 5.11 Å². The fraction of sp³-hybridized carbons (Fsp3) is 0.467. The first-order valence-corrected chi connectivity index (χ1v) is 6.19. The first-order chi connectivity index (χ1) is 8.10. The third-order valence-corrected chi connectivity index (χ3v) is 3.22. The maximum atomic E-state index is 10.3. The lowest BCUT2D eigenvalue weighted by Gasteiger charge is -2.23. The first-order valence-electron chi connectivity index (χ1n) is 6.19. The molecule has 0 aliphatic carbocycles. The van der Waals surface area contributed by atoms with E-state index in [1.165, 1.54) is 11.1 Å². The summed E-state index contributed by atoms with van der Waals surface area (Å²) in [6.07, 6.45) is 2.25. The predicted molar refractivity (Wildman–Crippen MR) is 73.2 cm³/mol. The Balaban J connectivity index is 2.81. The summed E-state index contributed by atoms with van der Waals surface area (Å²) in [4.78, 5) is 0. The topological polar surface area (TPSA) is 32.3 Å². The van der Waals surface area contributed by atoms with Gasteiger partial charge in [0.2, 0.25) is 0 Å². The van der Waals surface area contributed by atoms with Gasteiger partial charge in [0.1, 0.15) is 0 Å². The fourth-order valence-electron chi connectivity index (χ4n) is 1.89. The average Bonchev–Trinajstić information content (AvgIpc) is 2.33. The quantitative estimate of drug-likeness (QED) is 0.740. The molecule has 2 N–H and O–H groups in total. The maximum Gasteiger partial charge on any atom is 0.0943 e. The van der Waals surface area contributed by atoms with Crippen LogP contribution in [0.25, 0.3) is 0 Å². The van der Waals surface area contributed by atoms with E-state index >= 15 is 0 Å². The molecule has 0 saturated heterocycles. The second kappa shape index (κ2) is 6.58. The standard InChI is InChI=1S/C15H23NO/c1-5-9-16-14(6-2)15(17)13-8-7-11(3)12(4)10-13/h5,7-8,10,14-17H,1,6,9H2,2-4H3. The first kappa shape index (κ1) is 13.9. The highest BCUT2D eigenvalue weighted by molar-refractivity contribution is 5.31. The van der Waals surface area contributed by atoms with Gasteiger partial charge in [-0.2, -0.15) is 0 Å². The summed E-state index contributed by atoms with van der Waals surface area (Å²) in [5.41, 5.74) is 3.46. The monoisotopic (exact) mass is 233 g/mol. The molecule has 0 amide bonds. The molecule has 0 aliphatic heterocycles. The summed E-state index contributed by atoms with van der Waals surface area (Å²) in [6.45, 7) is 10.6. The van der Waals surface area contributed by atoms with Gasteiger partial charge in [-0.05, 0) is 37.0 Å². The van der Waals surface area contributed by atoms with E-state index in [1.54, 1.807) is 0 Å². The molecule has 2 atom stereocenters. The van der Waals surface area contributed by atoms with E-state index in [4.69, 9.17) is 0 Å². The zero-order valence-electron chi connectivity index (χ0n) is 11.0. The molecule has 0 heterocycles. The molecule has 2 nitrogen and oxygen atoms in total. The minimum Gasteiger partial charge on any atom is -0.387 e. The summed E-state index contributed by atoms with van der Waals surface area (Å²) < 4.78 is 0. The number of aliphatic hydroxyl groups excluding tert-OH is 1. The van der Waals surface area contributed by atoms with Gasteiger partial charge in [0, 0.05) is 12.6 Å². The Labute approximate surface area is 104 Å². The van der Waals surface area contributed by atoms with Gasteiger partial charge in [0.25, 0.3) is 0 Å². The van der Waals surface area contributed by atoms with Crippen molar-refractivity contribution in [3.05, 3.63) is 47.5 Å². The van der Waals surface area contributed by atoms with Gasteiger partial charge in [-0.1, -0.05) is 31.2 Å². The lowest BCUT2D eigenvalue weighted by molar-refractivity contribution is 0.128. The minimum atomic E-state index is -0.459. The van der Waals surface area contributed by atoms with Crippen molar-refractivity contribution in [2.24, 2.45) is 0 Å². The van der Waals surface area contributed by atoms with Gasteiger partial charge < -0.3 is 10.4 Å². The highest BCUT2D eigenvalue weighted by atomic mass is 16.3. The Morgan fingerprint density at radius 1 is 1.35 bits per heavy atom. The Kier molecular flexibility index (Phi) is 5.39. The SMILES string of the molecule is C=CCNC(CC)C(O)c1ccc(C)c(C)c1. The number of hydrogen-bond donors (Lipinski definition) is 2. The molecular formula is C15H23NO. The van der Waals surface area contributed by atoms with E-state index in [1.807, 2.05) is 12.1 Å². The summed E-state index contributed by atoms with van der Waals surface area (Å²) >= 11 is 0. The molecule has 0 bridgehead atoms. The zero-order valence-corrected chi connectivity index (χ0v) is 11.0. The second-order valence-electron chi connectivity index (χ2n) is 4.50. The van der Waals surface area contributed by atoms with E-state index in [2.05, 4.69) is 44.8 Å². The summed E-state index contributed by atoms with van der Waals surface area (Å²) in [7, 11) is 0. The van der Waals surface area contributed by atoms with Crippen molar-refractivity contribution in [2.75, 3.05) is 6.54 Å². The van der Waals surface area contributed by atoms with Gasteiger partial charge in [-0.25, -0.2) is 0 Å². The number of nitrogens with one attached hydrogen (secondary N) is 1. The molecule has 1 aromatic carbocycles. The molecule has 0 aromatic heterocycles. The maximum absolute atomic E-state index is 10.3. The number of rotatable bonds is 6. The molecule has 0 saturated carbocycles. The van der Waals surface area contributed by atoms with Crippen LogP contribution in [-0.2, 0) is 0 Å². The smallest absolute Gasteiger partial charge is 0.0943 e. The Hall–Kier alpha value is -1.12. The van der Waals surface area contributed by atoms with Crippen LogP contribution >= 0.6 is 0 Å². The summed E-state index contributed by atoms with van der Waals surface area (Å²) in [5, 5.41) is 13.6. The van der Waals surface area contributed by atoms with Crippen molar-refractivity contribution in [3.8, 4) is 0 Å². The molecule has 94 valence electrons. The van der Waals surface area contributed by atoms with Gasteiger partial charge in [0.05, 0.1) is 6.10 Å². The fourth-order valence-corrected chi connectivity index (χ4v) is 1.89. The Morgan fingerprint density at radius 3 is 2.59 bits per heavy atom. The van der Waals surface area contributed by atoms with Crippen LogP contribution in [0.3, 0.4) is 0 Å². The lowest BCUT2D eigenvalue weighted by Crippen LogP contribution is -2.34. The van der Waals surface area contributed by atoms with Crippen LogP contribution in [0.15, 0.2) is 30.9 Å². The second-order valence-corrected chi connectivity index (χ2v) is 4.50. The molecule has 0 aliphatic rings. The molecule has 2 unspecified atom stereocenters. The predicted octanol–water partition coefficient (Wildman–Crippen LogP) is 2.89. The van der Waals surface area contributed by atoms with Crippen molar-refractivity contribution < 1.29 is 5.11 Å². The summed E-state index contributed by atoms with van der Waals surface area (Å²) in [5.74, 6) is 0. The van der Waals surface area contributed by atoms with Gasteiger partial charge in [0.15, 0.2) is 0 Å². The molecule has 2 heteroatoms. The van der Waals surface area contributed by atoms with Gasteiger partial charge in [-0.15, -0.1) is 6.58 Å². The molecule has 1 aromatic rings. The number of aliphatic hydroxyl groups is 1. The van der Waals surface area contributed by atoms with Crippen LogP contribution in [-0.4, -0.2) is 17.7 Å². The van der Waals surface area contributed by atoms with E-state index in [-0.39, 0.29) is 6.04 Å². The van der Waals surface area contributed by atoms with Crippen molar-refractivity contribution in [1.82, 2.24) is 5.32 Å². The minimum absolute atomic E-state index is 0.0788. The third-order valence-electron chi connectivity index (χ3n) is 3.22. The molecule has 1 rings (SSSR count). The van der Waals surface area contributed by atoms with E-state index in [0.29, 0.717) is 0 Å². The Bertz CT molecular complexity index is 373. The van der Waals surface area contributed by atoms with Crippen LogP contribution in [0.1, 0.15) is 36.1 Å². The largest absolute Gasteiger partial charge is 0.387 e. The Morgan fingerprint density at radius 2 is 2.06 bits per heavy atom. The highest BCUT2D eigenvalue weighted by Gasteiger charge is 2.18. The van der Waals surface area contributed by atoms with Gasteiger partial charge in [-0.3, -0.25) is 0 Å². The number of benzene rings is 1. The van der Waals surface area contributed by atoms with Crippen molar-refractivity contribution in [3.63, 3.8) is 0 Å². The van der Waals surface area contributed by atoms with E-state index in [0.717, 1.165) is 18.5 Å². The van der Waals surface area contributed by atoms with Crippen molar-refractivity contribution in [1.29, 1.82) is 0 Å². The zero-order chi connectivity index (χ0) is 12.8. The number of hydrogen-bond acceptors (Lipinski definition) is 2. The third kappa shape index (κ3) is 3.69. The van der Waals surface area contributed by atoms with Crippen LogP contribution in [0.4, 0.5) is 0 Å². The van der Waals surface area contributed by atoms with Crippen molar-refractivity contribution >= 4 is 0 Å². The molecule has 0 fully saturated rings. The molecule has 0 radical (unpaired) electrons. The molecular weight excluding hydrogens is 210 g/mol. The van der Waals surface area contributed by atoms with Crippen molar-refractivity contribution in [2.45, 2.75) is 39.3 Å². The van der Waals surface area contributed by atoms with Gasteiger partial charge >= 0.3 is 0 Å². The molecule has 17 heavy (non-hydrogen) atoms. The molecule has 0 spiro atoms. The lowest BCUT2D eigenvalue weighted by atomic mass is 9.97. The number of aryl methyl sites for hydroxylation is 2. The average molecular weight is 233 g/mol. The van der Waals surface area contributed by atoms with Crippen LogP contribution < -0.4 is 5.32 Å². The van der Waals surface area contributed by atoms with Crippen LogP contribution in [0.5, 0.6) is 0 Å². The van der Waals surface area contributed by atoms with E-state index < -0.39 is 6.10 Å². The van der Waals surface area contributed by atoms with Crippen LogP contribution in [0, 0.1) is 13.8 Å². The highest BCUT2D eigenvalue weighted by Crippen LogP contribution is 2.21. The van der Waals surface area contributed by atoms with Crippen LogP contribution in [0.2, 0.25) is 0 Å². The summed E-state index contributed by atoms with van der Waals surface area (Å²) in [6, 6.07) is 6.22. The normalized spacial score (nSPS) is 14.4.